The van der Waals surface area contributed by atoms with E-state index < -0.39 is 5.69 Å². The molecule has 0 atom stereocenters. The van der Waals surface area contributed by atoms with Crippen molar-refractivity contribution in [3.05, 3.63) is 93.2 Å². The summed E-state index contributed by atoms with van der Waals surface area (Å²) in [6.07, 6.45) is 2.16. The average molecular weight is 349 g/mol. The molecule has 0 aliphatic heterocycles. The van der Waals surface area contributed by atoms with Crippen molar-refractivity contribution >= 4 is 16.8 Å². The predicted octanol–water partition coefficient (Wildman–Crippen LogP) is 1.85. The van der Waals surface area contributed by atoms with Crippen LogP contribution in [0.2, 0.25) is 0 Å². The number of nitrogens with one attached hydrogen (secondary N) is 2. The highest BCUT2D eigenvalue weighted by Gasteiger charge is 2.11. The molecule has 0 fully saturated rings. The van der Waals surface area contributed by atoms with Gasteiger partial charge in [-0.1, -0.05) is 36.4 Å². The lowest BCUT2D eigenvalue weighted by molar-refractivity contribution is 0.0958. The van der Waals surface area contributed by atoms with E-state index in [0.717, 1.165) is 5.56 Å². The number of carbonyl (C=O) groups excluding carboxylic acids is 1. The van der Waals surface area contributed by atoms with Crippen molar-refractivity contribution in [2.75, 3.05) is 6.54 Å². The minimum atomic E-state index is -0.484. The van der Waals surface area contributed by atoms with E-state index in [4.69, 9.17) is 0 Å². The van der Waals surface area contributed by atoms with Gasteiger partial charge >= 0.3 is 5.69 Å². The molecule has 1 amide bonds. The third-order valence-corrected chi connectivity index (χ3v) is 4.12. The van der Waals surface area contributed by atoms with Gasteiger partial charge in [-0.25, -0.2) is 4.79 Å². The number of rotatable bonds is 6. The maximum atomic E-state index is 12.7. The van der Waals surface area contributed by atoms with Crippen LogP contribution in [0.3, 0.4) is 0 Å². The molecular weight excluding hydrogens is 330 g/mol. The van der Waals surface area contributed by atoms with E-state index >= 15 is 0 Å². The van der Waals surface area contributed by atoms with E-state index in [2.05, 4.69) is 16.9 Å². The minimum absolute atomic E-state index is 0.287. The fourth-order valence-corrected chi connectivity index (χ4v) is 2.75. The third-order valence-electron chi connectivity index (χ3n) is 4.12. The van der Waals surface area contributed by atoms with Gasteiger partial charge < -0.3 is 10.3 Å². The van der Waals surface area contributed by atoms with Crippen LogP contribution < -0.4 is 16.6 Å². The Morgan fingerprint density at radius 2 is 1.92 bits per heavy atom. The van der Waals surface area contributed by atoms with Crippen molar-refractivity contribution in [1.29, 1.82) is 0 Å². The highest BCUT2D eigenvalue weighted by Crippen LogP contribution is 2.09. The fraction of sp³-hybridized carbons (Fsp3) is 0.150. The summed E-state index contributed by atoms with van der Waals surface area (Å²) in [6.45, 7) is 4.17. The Morgan fingerprint density at radius 3 is 2.65 bits per heavy atom. The van der Waals surface area contributed by atoms with Crippen molar-refractivity contribution in [3.8, 4) is 0 Å². The number of carbonyl (C=O) groups is 1. The maximum Gasteiger partial charge on any atom is 0.328 e. The van der Waals surface area contributed by atoms with Crippen molar-refractivity contribution in [1.82, 2.24) is 14.9 Å². The van der Waals surface area contributed by atoms with E-state index in [1.807, 2.05) is 30.3 Å². The summed E-state index contributed by atoms with van der Waals surface area (Å²) in [5.74, 6) is -0.291. The first-order valence-electron chi connectivity index (χ1n) is 8.30. The van der Waals surface area contributed by atoms with Gasteiger partial charge in [0.25, 0.3) is 11.5 Å². The molecule has 132 valence electrons. The SMILES string of the molecule is C=CCNC(=O)c1ccc2c(=O)n(CCc3ccccc3)c(=O)[nH]c2c1. The molecule has 0 saturated heterocycles. The van der Waals surface area contributed by atoms with E-state index in [1.54, 1.807) is 18.2 Å². The molecule has 6 nitrogen and oxygen atoms in total. The number of aromatic nitrogens is 2. The monoisotopic (exact) mass is 349 g/mol. The quantitative estimate of drug-likeness (QED) is 0.666. The van der Waals surface area contributed by atoms with Crippen molar-refractivity contribution in [2.24, 2.45) is 0 Å². The second kappa shape index (κ2) is 7.65. The molecule has 0 radical (unpaired) electrons. The van der Waals surface area contributed by atoms with Crippen LogP contribution >= 0.6 is 0 Å². The zero-order chi connectivity index (χ0) is 18.5. The van der Waals surface area contributed by atoms with E-state index in [-0.39, 0.29) is 18.0 Å². The van der Waals surface area contributed by atoms with Gasteiger partial charge in [0.15, 0.2) is 0 Å². The summed E-state index contributed by atoms with van der Waals surface area (Å²) < 4.78 is 1.19. The normalized spacial score (nSPS) is 10.6. The fourth-order valence-electron chi connectivity index (χ4n) is 2.75. The number of aromatic amines is 1. The lowest BCUT2D eigenvalue weighted by Gasteiger charge is -2.08. The van der Waals surface area contributed by atoms with E-state index in [9.17, 15) is 14.4 Å². The van der Waals surface area contributed by atoms with Gasteiger partial charge in [-0.2, -0.15) is 0 Å². The molecule has 0 bridgehead atoms. The zero-order valence-electron chi connectivity index (χ0n) is 14.2. The summed E-state index contributed by atoms with van der Waals surface area (Å²) in [7, 11) is 0. The summed E-state index contributed by atoms with van der Waals surface area (Å²) >= 11 is 0. The van der Waals surface area contributed by atoms with Gasteiger partial charge in [0, 0.05) is 18.7 Å². The van der Waals surface area contributed by atoms with Crippen LogP contribution in [0.1, 0.15) is 15.9 Å². The van der Waals surface area contributed by atoms with Crippen molar-refractivity contribution in [2.45, 2.75) is 13.0 Å². The number of amides is 1. The molecule has 0 aliphatic rings. The largest absolute Gasteiger partial charge is 0.349 e. The van der Waals surface area contributed by atoms with E-state index in [1.165, 1.54) is 10.6 Å². The van der Waals surface area contributed by atoms with Gasteiger partial charge in [0.05, 0.1) is 10.9 Å². The first-order chi connectivity index (χ1) is 12.6. The molecule has 3 aromatic rings. The minimum Gasteiger partial charge on any atom is -0.349 e. The standard InChI is InChI=1S/C20H19N3O3/c1-2-11-21-18(24)15-8-9-16-17(13-15)22-20(26)23(19(16)25)12-10-14-6-4-3-5-7-14/h2-9,13H,1,10-12H2,(H,21,24)(H,22,26). The van der Waals surface area contributed by atoms with Gasteiger partial charge in [-0.3, -0.25) is 14.2 Å². The molecule has 2 aromatic carbocycles. The zero-order valence-corrected chi connectivity index (χ0v) is 14.2. The molecular formula is C20H19N3O3. The molecule has 1 heterocycles. The Balaban J connectivity index is 1.92. The van der Waals surface area contributed by atoms with Crippen LogP contribution in [0.15, 0.2) is 70.8 Å². The number of hydrogen-bond acceptors (Lipinski definition) is 3. The van der Waals surface area contributed by atoms with Crippen LogP contribution in [0.25, 0.3) is 10.9 Å². The second-order valence-corrected chi connectivity index (χ2v) is 5.88. The molecule has 1 aromatic heterocycles. The molecule has 2 N–H and O–H groups in total. The van der Waals surface area contributed by atoms with Crippen LogP contribution in [0.4, 0.5) is 0 Å². The summed E-state index contributed by atoms with van der Waals surface area (Å²) in [5.41, 5.74) is 0.923. The summed E-state index contributed by atoms with van der Waals surface area (Å²) in [5, 5.41) is 3.03. The van der Waals surface area contributed by atoms with Gasteiger partial charge in [-0.05, 0) is 30.2 Å². The molecule has 0 aliphatic carbocycles. The Labute approximate surface area is 149 Å². The van der Waals surface area contributed by atoms with Crippen molar-refractivity contribution < 1.29 is 4.79 Å². The number of fused-ring (bicyclic) bond motifs is 1. The Kier molecular flexibility index (Phi) is 5.12. The number of H-pyrrole nitrogens is 1. The molecule has 6 heteroatoms. The summed E-state index contributed by atoms with van der Waals surface area (Å²) in [4.78, 5) is 39.7. The van der Waals surface area contributed by atoms with Crippen LogP contribution in [-0.2, 0) is 13.0 Å². The van der Waals surface area contributed by atoms with Crippen molar-refractivity contribution in [3.63, 3.8) is 0 Å². The van der Waals surface area contributed by atoms with Crippen LogP contribution in [-0.4, -0.2) is 22.0 Å². The lowest BCUT2D eigenvalue weighted by Crippen LogP contribution is -2.35. The highest BCUT2D eigenvalue weighted by atomic mass is 16.2. The molecule has 0 spiro atoms. The van der Waals surface area contributed by atoms with E-state index in [0.29, 0.717) is 29.4 Å². The highest BCUT2D eigenvalue weighted by molar-refractivity contribution is 5.97. The maximum absolute atomic E-state index is 12.7. The van der Waals surface area contributed by atoms with Crippen LogP contribution in [0.5, 0.6) is 0 Å². The smallest absolute Gasteiger partial charge is 0.328 e. The number of aryl methyl sites for hydroxylation is 1. The first-order valence-corrected chi connectivity index (χ1v) is 8.30. The molecule has 3 rings (SSSR count). The summed E-state index contributed by atoms with van der Waals surface area (Å²) in [6, 6.07) is 14.3. The number of benzene rings is 2. The Hall–Kier alpha value is -3.41. The number of nitrogens with zero attached hydrogens (tertiary/aromatic N) is 1. The molecule has 0 saturated carbocycles. The number of hydrogen-bond donors (Lipinski definition) is 2. The molecule has 26 heavy (non-hydrogen) atoms. The second-order valence-electron chi connectivity index (χ2n) is 5.88. The Morgan fingerprint density at radius 1 is 1.15 bits per heavy atom. The molecule has 0 unspecified atom stereocenters. The Bertz CT molecular complexity index is 1070. The van der Waals surface area contributed by atoms with Gasteiger partial charge in [0.2, 0.25) is 0 Å². The van der Waals surface area contributed by atoms with Crippen LogP contribution in [0, 0.1) is 0 Å². The topological polar surface area (TPSA) is 84.0 Å². The van der Waals surface area contributed by atoms with Gasteiger partial charge in [0.1, 0.15) is 0 Å². The predicted molar refractivity (Wildman–Crippen MR) is 102 cm³/mol. The lowest BCUT2D eigenvalue weighted by atomic mass is 10.1. The average Bonchev–Trinajstić information content (AvgIpc) is 2.66. The first kappa shape index (κ1) is 17.4. The third kappa shape index (κ3) is 3.64. The van der Waals surface area contributed by atoms with Gasteiger partial charge in [-0.15, -0.1) is 6.58 Å².